The minimum absolute atomic E-state index is 0.248. The van der Waals surface area contributed by atoms with Crippen molar-refractivity contribution in [2.75, 3.05) is 5.32 Å². The molecule has 0 saturated heterocycles. The predicted molar refractivity (Wildman–Crippen MR) is 82.8 cm³/mol. The van der Waals surface area contributed by atoms with Crippen LogP contribution in [0.1, 0.15) is 28.7 Å². The molecule has 1 heterocycles. The summed E-state index contributed by atoms with van der Waals surface area (Å²) in [6, 6.07) is 5.14. The Morgan fingerprint density at radius 1 is 1.40 bits per heavy atom. The van der Waals surface area contributed by atoms with Gasteiger partial charge in [0.25, 0.3) is 0 Å². The zero-order chi connectivity index (χ0) is 14.7. The number of nitrogens with zero attached hydrogens (tertiary/aromatic N) is 1. The van der Waals surface area contributed by atoms with Crippen molar-refractivity contribution in [2.45, 2.75) is 19.8 Å². The third kappa shape index (κ3) is 3.23. The highest BCUT2D eigenvalue weighted by Gasteiger charge is 2.17. The van der Waals surface area contributed by atoms with E-state index >= 15 is 0 Å². The number of aryl methyl sites for hydroxylation is 1. The minimum atomic E-state index is -0.968. The molecule has 0 bridgehead atoms. The van der Waals surface area contributed by atoms with Gasteiger partial charge in [-0.2, -0.15) is 0 Å². The largest absolute Gasteiger partial charge is 0.477 e. The van der Waals surface area contributed by atoms with Crippen molar-refractivity contribution in [3.05, 3.63) is 38.8 Å². The van der Waals surface area contributed by atoms with Crippen molar-refractivity contribution >= 4 is 51.3 Å². The van der Waals surface area contributed by atoms with E-state index in [9.17, 15) is 9.90 Å². The average Bonchev–Trinajstić information content (AvgIpc) is 2.78. The number of hydrogen-bond donors (Lipinski definition) is 2. The van der Waals surface area contributed by atoms with Gasteiger partial charge in [-0.3, -0.25) is 0 Å². The number of thiazole rings is 1. The summed E-state index contributed by atoms with van der Waals surface area (Å²) in [6.45, 7) is 1.98. The summed E-state index contributed by atoms with van der Waals surface area (Å²) in [4.78, 5) is 15.7. The van der Waals surface area contributed by atoms with Crippen molar-refractivity contribution in [2.24, 2.45) is 0 Å². The van der Waals surface area contributed by atoms with Gasteiger partial charge >= 0.3 is 5.97 Å². The quantitative estimate of drug-likeness (QED) is 0.822. The first kappa shape index (κ1) is 15.1. The van der Waals surface area contributed by atoms with Gasteiger partial charge in [0.15, 0.2) is 5.13 Å². The number of para-hydroxylation sites is 1. The summed E-state index contributed by atoms with van der Waals surface area (Å²) in [5, 5.41) is 13.6. The molecule has 0 radical (unpaired) electrons. The molecule has 0 atom stereocenters. The molecule has 1 aromatic carbocycles. The number of aromatic nitrogens is 1. The van der Waals surface area contributed by atoms with Crippen LogP contribution in [0.25, 0.3) is 0 Å². The molecule has 0 saturated carbocycles. The Morgan fingerprint density at radius 3 is 2.60 bits per heavy atom. The Labute approximate surface area is 130 Å². The van der Waals surface area contributed by atoms with Crippen LogP contribution in [0.3, 0.4) is 0 Å². The number of carbonyl (C=O) groups is 1. The second-order valence-electron chi connectivity index (χ2n) is 4.07. The molecule has 2 rings (SSSR count). The highest BCUT2D eigenvalue weighted by Crippen LogP contribution is 2.34. The van der Waals surface area contributed by atoms with Gasteiger partial charge in [0.1, 0.15) is 4.88 Å². The third-order valence-corrected chi connectivity index (χ3v) is 4.20. The zero-order valence-corrected chi connectivity index (χ0v) is 12.9. The van der Waals surface area contributed by atoms with Gasteiger partial charge in [0, 0.05) is 0 Å². The lowest BCUT2D eigenvalue weighted by Crippen LogP contribution is -1.98. The lowest BCUT2D eigenvalue weighted by atomic mass is 10.2. The summed E-state index contributed by atoms with van der Waals surface area (Å²) < 4.78 is 0. The summed E-state index contributed by atoms with van der Waals surface area (Å²) in [5.41, 5.74) is 1.11. The lowest BCUT2D eigenvalue weighted by molar-refractivity contribution is 0.0700. The van der Waals surface area contributed by atoms with Crippen LogP contribution in [0.4, 0.5) is 10.8 Å². The van der Waals surface area contributed by atoms with Crippen LogP contribution in [-0.4, -0.2) is 16.1 Å². The summed E-state index contributed by atoms with van der Waals surface area (Å²) >= 11 is 13.2. The van der Waals surface area contributed by atoms with E-state index in [0.717, 1.165) is 17.8 Å². The molecule has 4 nitrogen and oxygen atoms in total. The topological polar surface area (TPSA) is 62.2 Å². The number of benzene rings is 1. The Morgan fingerprint density at radius 2 is 2.05 bits per heavy atom. The van der Waals surface area contributed by atoms with Crippen LogP contribution in [0.5, 0.6) is 0 Å². The van der Waals surface area contributed by atoms with Gasteiger partial charge in [-0.1, -0.05) is 53.9 Å². The smallest absolute Gasteiger partial charge is 0.347 e. The first-order valence-electron chi connectivity index (χ1n) is 5.97. The molecule has 2 aromatic rings. The fourth-order valence-electron chi connectivity index (χ4n) is 1.70. The highest BCUT2D eigenvalue weighted by molar-refractivity contribution is 7.17. The minimum Gasteiger partial charge on any atom is -0.477 e. The maximum Gasteiger partial charge on any atom is 0.347 e. The number of halogens is 2. The summed E-state index contributed by atoms with van der Waals surface area (Å²) in [7, 11) is 0. The van der Waals surface area contributed by atoms with Crippen molar-refractivity contribution < 1.29 is 9.90 Å². The van der Waals surface area contributed by atoms with Gasteiger partial charge in [-0.25, -0.2) is 9.78 Å². The number of carboxylic acids is 1. The summed E-state index contributed by atoms with van der Waals surface area (Å²) in [5.74, 6) is -0.968. The van der Waals surface area contributed by atoms with E-state index < -0.39 is 5.97 Å². The molecule has 0 amide bonds. The van der Waals surface area contributed by atoms with Gasteiger partial charge in [0.2, 0.25) is 0 Å². The Hall–Kier alpha value is -1.30. The van der Waals surface area contributed by atoms with Crippen molar-refractivity contribution in [3.63, 3.8) is 0 Å². The maximum absolute atomic E-state index is 11.2. The normalized spacial score (nSPS) is 10.6. The van der Waals surface area contributed by atoms with E-state index in [2.05, 4.69) is 10.3 Å². The van der Waals surface area contributed by atoms with Gasteiger partial charge in [0.05, 0.1) is 21.4 Å². The number of rotatable bonds is 5. The van der Waals surface area contributed by atoms with Gasteiger partial charge in [-0.15, -0.1) is 0 Å². The first-order valence-corrected chi connectivity index (χ1v) is 7.54. The molecular formula is C13H12Cl2N2O2S. The van der Waals surface area contributed by atoms with Crippen LogP contribution in [-0.2, 0) is 6.42 Å². The Balaban J connectivity index is 2.34. The van der Waals surface area contributed by atoms with E-state index in [1.165, 1.54) is 0 Å². The standard InChI is InChI=1S/C13H12Cl2N2O2S/c1-2-4-9-11(12(18)19)20-13(16-9)17-10-7(14)5-3-6-8(10)15/h3,5-6H,2,4H2,1H3,(H,16,17)(H,18,19). The van der Waals surface area contributed by atoms with E-state index in [4.69, 9.17) is 23.2 Å². The highest BCUT2D eigenvalue weighted by atomic mass is 35.5. The second kappa shape index (κ2) is 6.43. The molecule has 0 fully saturated rings. The number of anilines is 2. The molecule has 20 heavy (non-hydrogen) atoms. The fourth-order valence-corrected chi connectivity index (χ4v) is 3.05. The number of hydrogen-bond acceptors (Lipinski definition) is 4. The molecule has 2 N–H and O–H groups in total. The van der Waals surface area contributed by atoms with Crippen LogP contribution in [0.15, 0.2) is 18.2 Å². The maximum atomic E-state index is 11.2. The van der Waals surface area contributed by atoms with Gasteiger partial charge < -0.3 is 10.4 Å². The molecule has 0 aliphatic carbocycles. The molecule has 0 spiro atoms. The fraction of sp³-hybridized carbons (Fsp3) is 0.231. The van der Waals surface area contributed by atoms with Crippen molar-refractivity contribution in [3.8, 4) is 0 Å². The molecule has 0 aliphatic heterocycles. The molecule has 106 valence electrons. The Bertz CT molecular complexity index is 623. The molecule has 1 aromatic heterocycles. The summed E-state index contributed by atoms with van der Waals surface area (Å²) in [6.07, 6.45) is 1.45. The lowest BCUT2D eigenvalue weighted by Gasteiger charge is -2.06. The van der Waals surface area contributed by atoms with E-state index in [0.29, 0.717) is 33.0 Å². The van der Waals surface area contributed by atoms with Gasteiger partial charge in [-0.05, 0) is 18.6 Å². The average molecular weight is 331 g/mol. The third-order valence-electron chi connectivity index (χ3n) is 2.57. The van der Waals surface area contributed by atoms with Crippen molar-refractivity contribution in [1.29, 1.82) is 0 Å². The monoisotopic (exact) mass is 330 g/mol. The van der Waals surface area contributed by atoms with Crippen LogP contribution in [0, 0.1) is 0 Å². The number of nitrogens with one attached hydrogen (secondary N) is 1. The van der Waals surface area contributed by atoms with E-state index in [-0.39, 0.29) is 4.88 Å². The number of aromatic carboxylic acids is 1. The van der Waals surface area contributed by atoms with E-state index in [1.54, 1.807) is 18.2 Å². The van der Waals surface area contributed by atoms with Crippen molar-refractivity contribution in [1.82, 2.24) is 4.98 Å². The predicted octanol–water partition coefficient (Wildman–Crippen LogP) is 4.84. The molecule has 0 aliphatic rings. The second-order valence-corrected chi connectivity index (χ2v) is 5.89. The zero-order valence-electron chi connectivity index (χ0n) is 10.6. The number of carboxylic acid groups (broad SMARTS) is 1. The SMILES string of the molecule is CCCc1nc(Nc2c(Cl)cccc2Cl)sc1C(=O)O. The van der Waals surface area contributed by atoms with E-state index in [1.807, 2.05) is 6.92 Å². The molecule has 0 unspecified atom stereocenters. The molecular weight excluding hydrogens is 319 g/mol. The molecule has 7 heteroatoms. The first-order chi connectivity index (χ1) is 9.52. The van der Waals surface area contributed by atoms with Crippen LogP contribution >= 0.6 is 34.5 Å². The van der Waals surface area contributed by atoms with Crippen LogP contribution < -0.4 is 5.32 Å². The Kier molecular flexibility index (Phi) is 4.86. The van der Waals surface area contributed by atoms with Crippen LogP contribution in [0.2, 0.25) is 10.0 Å².